The first-order chi connectivity index (χ1) is 15.6. The Labute approximate surface area is 196 Å². The van der Waals surface area contributed by atoms with Gasteiger partial charge in [0.25, 0.3) is 0 Å². The predicted octanol–water partition coefficient (Wildman–Crippen LogP) is 6.16. The van der Waals surface area contributed by atoms with Gasteiger partial charge in [-0.15, -0.1) is 0 Å². The summed E-state index contributed by atoms with van der Waals surface area (Å²) in [6.45, 7) is 9.31. The fraction of sp³-hybridized carbons (Fsp3) is 0.846. The number of ether oxygens (including phenoxy) is 4. The molecule has 0 radical (unpaired) electrons. The molecule has 0 aliphatic carbocycles. The molecule has 0 unspecified atom stereocenters. The van der Waals surface area contributed by atoms with Gasteiger partial charge in [-0.3, -0.25) is 4.79 Å². The molecule has 0 heterocycles. The molecule has 6 nitrogen and oxygen atoms in total. The van der Waals surface area contributed by atoms with Crippen LogP contribution >= 0.6 is 0 Å². The van der Waals surface area contributed by atoms with Crippen molar-refractivity contribution in [2.24, 2.45) is 0 Å². The standard InChI is InChI=1S/C26H48O6/c1-4-5-6-7-8-9-10-11-12-13-14-15-16-17-25(27)31-22-20-29-18-19-30-21-23-32-26(28)24(2)3/h2,4-23H2,1,3H3. The lowest BCUT2D eigenvalue weighted by molar-refractivity contribution is -0.146. The quantitative estimate of drug-likeness (QED) is 0.0983. The van der Waals surface area contributed by atoms with E-state index < -0.39 is 5.97 Å². The minimum atomic E-state index is -0.412. The van der Waals surface area contributed by atoms with Crippen molar-refractivity contribution >= 4 is 11.9 Å². The summed E-state index contributed by atoms with van der Waals surface area (Å²) in [5, 5.41) is 0. The summed E-state index contributed by atoms with van der Waals surface area (Å²) in [4.78, 5) is 22.9. The molecule has 0 bridgehead atoms. The zero-order valence-electron chi connectivity index (χ0n) is 20.8. The Morgan fingerprint density at radius 2 is 1.00 bits per heavy atom. The third-order valence-corrected chi connectivity index (χ3v) is 5.16. The number of rotatable bonds is 24. The minimum absolute atomic E-state index is 0.146. The fourth-order valence-electron chi connectivity index (χ4n) is 3.21. The molecule has 188 valence electrons. The molecule has 0 N–H and O–H groups in total. The molecule has 0 aliphatic heterocycles. The second kappa shape index (κ2) is 24.2. The lowest BCUT2D eigenvalue weighted by Crippen LogP contribution is -2.15. The smallest absolute Gasteiger partial charge is 0.333 e. The molecule has 0 fully saturated rings. The lowest BCUT2D eigenvalue weighted by Gasteiger charge is -2.08. The second-order valence-corrected chi connectivity index (χ2v) is 8.35. The first-order valence-corrected chi connectivity index (χ1v) is 12.7. The van der Waals surface area contributed by atoms with Gasteiger partial charge in [0.2, 0.25) is 0 Å². The molecule has 0 aliphatic rings. The maximum atomic E-state index is 11.7. The van der Waals surface area contributed by atoms with Gasteiger partial charge in [-0.1, -0.05) is 90.6 Å². The highest BCUT2D eigenvalue weighted by atomic mass is 16.6. The van der Waals surface area contributed by atoms with Crippen LogP contribution < -0.4 is 0 Å². The topological polar surface area (TPSA) is 71.1 Å². The molecule has 0 atom stereocenters. The van der Waals surface area contributed by atoms with Gasteiger partial charge in [0.05, 0.1) is 26.4 Å². The number of hydrogen-bond acceptors (Lipinski definition) is 6. The van der Waals surface area contributed by atoms with Crippen LogP contribution in [-0.4, -0.2) is 51.6 Å². The highest BCUT2D eigenvalue weighted by Crippen LogP contribution is 2.13. The molecule has 0 rings (SSSR count). The van der Waals surface area contributed by atoms with Gasteiger partial charge in [-0.25, -0.2) is 4.79 Å². The Bertz CT molecular complexity index is 463. The SMILES string of the molecule is C=C(C)C(=O)OCCOCCOCCOC(=O)CCCCCCCCCCCCCCC. The van der Waals surface area contributed by atoms with Crippen molar-refractivity contribution in [3.8, 4) is 0 Å². The van der Waals surface area contributed by atoms with Gasteiger partial charge in [0, 0.05) is 12.0 Å². The van der Waals surface area contributed by atoms with Crippen molar-refractivity contribution in [1.29, 1.82) is 0 Å². The second-order valence-electron chi connectivity index (χ2n) is 8.35. The zero-order valence-corrected chi connectivity index (χ0v) is 20.8. The number of carbonyl (C=O) groups is 2. The average Bonchev–Trinajstić information content (AvgIpc) is 2.77. The van der Waals surface area contributed by atoms with Crippen LogP contribution in [0.1, 0.15) is 104 Å². The summed E-state index contributed by atoms with van der Waals surface area (Å²) >= 11 is 0. The summed E-state index contributed by atoms with van der Waals surface area (Å²) < 4.78 is 20.7. The average molecular weight is 457 g/mol. The van der Waals surface area contributed by atoms with Gasteiger partial charge in [0.15, 0.2) is 0 Å². The molecule has 6 heteroatoms. The van der Waals surface area contributed by atoms with Crippen LogP contribution in [-0.2, 0) is 28.5 Å². The zero-order chi connectivity index (χ0) is 23.7. The Morgan fingerprint density at radius 3 is 1.47 bits per heavy atom. The molecule has 0 saturated heterocycles. The first-order valence-electron chi connectivity index (χ1n) is 12.7. The van der Waals surface area contributed by atoms with E-state index >= 15 is 0 Å². The third-order valence-electron chi connectivity index (χ3n) is 5.16. The van der Waals surface area contributed by atoms with Gasteiger partial charge >= 0.3 is 11.9 Å². The highest BCUT2D eigenvalue weighted by molar-refractivity contribution is 5.86. The molecule has 0 aromatic heterocycles. The van der Waals surface area contributed by atoms with E-state index in [4.69, 9.17) is 18.9 Å². The predicted molar refractivity (Wildman–Crippen MR) is 129 cm³/mol. The van der Waals surface area contributed by atoms with Gasteiger partial charge in [-0.2, -0.15) is 0 Å². The highest BCUT2D eigenvalue weighted by Gasteiger charge is 2.03. The van der Waals surface area contributed by atoms with Crippen LogP contribution in [0.5, 0.6) is 0 Å². The van der Waals surface area contributed by atoms with Crippen molar-refractivity contribution < 1.29 is 28.5 Å². The molecule has 0 aromatic carbocycles. The number of carbonyl (C=O) groups excluding carboxylic acids is 2. The van der Waals surface area contributed by atoms with E-state index in [9.17, 15) is 9.59 Å². The monoisotopic (exact) mass is 456 g/mol. The molecule has 0 aromatic rings. The number of esters is 2. The summed E-state index contributed by atoms with van der Waals surface area (Å²) in [7, 11) is 0. The Kier molecular flexibility index (Phi) is 23.2. The maximum Gasteiger partial charge on any atom is 0.333 e. The van der Waals surface area contributed by atoms with Crippen LogP contribution in [0.4, 0.5) is 0 Å². The van der Waals surface area contributed by atoms with Crippen molar-refractivity contribution in [3.05, 3.63) is 12.2 Å². The van der Waals surface area contributed by atoms with E-state index in [1.165, 1.54) is 70.6 Å². The Balaban J connectivity index is 3.21. The van der Waals surface area contributed by atoms with E-state index in [1.807, 2.05) is 0 Å². The summed E-state index contributed by atoms with van der Waals surface area (Å²) in [6.07, 6.45) is 17.3. The minimum Gasteiger partial charge on any atom is -0.463 e. The molecule has 0 amide bonds. The third kappa shape index (κ3) is 23.3. The van der Waals surface area contributed by atoms with Crippen molar-refractivity contribution in [3.63, 3.8) is 0 Å². The summed E-state index contributed by atoms with van der Waals surface area (Å²) in [5.41, 5.74) is 0.372. The normalized spacial score (nSPS) is 10.8. The Hall–Kier alpha value is -1.40. The van der Waals surface area contributed by atoms with Crippen LogP contribution in [0, 0.1) is 0 Å². The lowest BCUT2D eigenvalue weighted by atomic mass is 10.0. The molecule has 0 saturated carbocycles. The van der Waals surface area contributed by atoms with Crippen molar-refractivity contribution in [1.82, 2.24) is 0 Å². The Morgan fingerprint density at radius 1 is 0.594 bits per heavy atom. The van der Waals surface area contributed by atoms with Gasteiger partial charge in [0.1, 0.15) is 13.2 Å². The van der Waals surface area contributed by atoms with Crippen molar-refractivity contribution in [2.45, 2.75) is 104 Å². The van der Waals surface area contributed by atoms with Gasteiger partial charge < -0.3 is 18.9 Å². The van der Waals surface area contributed by atoms with Crippen LogP contribution in [0.3, 0.4) is 0 Å². The summed E-state index contributed by atoms with van der Waals surface area (Å²) in [6, 6.07) is 0. The molecule has 0 spiro atoms. The molecule has 32 heavy (non-hydrogen) atoms. The number of hydrogen-bond donors (Lipinski definition) is 0. The first kappa shape index (κ1) is 30.6. The van der Waals surface area contributed by atoms with E-state index in [2.05, 4.69) is 13.5 Å². The van der Waals surface area contributed by atoms with E-state index in [0.29, 0.717) is 38.4 Å². The van der Waals surface area contributed by atoms with E-state index in [1.54, 1.807) is 6.92 Å². The van der Waals surface area contributed by atoms with E-state index in [-0.39, 0.29) is 19.2 Å². The number of unbranched alkanes of at least 4 members (excludes halogenated alkanes) is 12. The van der Waals surface area contributed by atoms with Crippen molar-refractivity contribution in [2.75, 3.05) is 39.6 Å². The van der Waals surface area contributed by atoms with Crippen LogP contribution in [0.15, 0.2) is 12.2 Å². The van der Waals surface area contributed by atoms with Crippen LogP contribution in [0.2, 0.25) is 0 Å². The van der Waals surface area contributed by atoms with Gasteiger partial charge in [-0.05, 0) is 13.3 Å². The molecular weight excluding hydrogens is 408 g/mol. The van der Waals surface area contributed by atoms with E-state index in [0.717, 1.165) is 12.8 Å². The van der Waals surface area contributed by atoms with Crippen LogP contribution in [0.25, 0.3) is 0 Å². The summed E-state index contributed by atoms with van der Waals surface area (Å²) in [5.74, 6) is -0.558. The maximum absolute atomic E-state index is 11.7. The largest absolute Gasteiger partial charge is 0.463 e. The fourth-order valence-corrected chi connectivity index (χ4v) is 3.21. The molecular formula is C26H48O6.